The Kier molecular flexibility index (Phi) is 5.43. The molecule has 4 heteroatoms. The Balaban J connectivity index is 2.76. The molecule has 1 amide bonds. The van der Waals surface area contributed by atoms with Gasteiger partial charge in [-0.3, -0.25) is 0 Å². The van der Waals surface area contributed by atoms with Crippen molar-refractivity contribution in [2.24, 2.45) is 0 Å². The summed E-state index contributed by atoms with van der Waals surface area (Å²) in [6.45, 7) is 9.15. The number of hydrogen-bond donors (Lipinski definition) is 1. The molecule has 0 aliphatic carbocycles. The Morgan fingerprint density at radius 2 is 1.95 bits per heavy atom. The van der Waals surface area contributed by atoms with Crippen LogP contribution in [-0.2, 0) is 4.74 Å². The molecule has 0 fully saturated rings. The fourth-order valence-electron chi connectivity index (χ4n) is 1.61. The molecule has 0 heterocycles. The number of alkyl carbamates (subject to hydrolysis) is 1. The van der Waals surface area contributed by atoms with E-state index in [0.717, 1.165) is 5.56 Å². The molecule has 19 heavy (non-hydrogen) atoms. The predicted molar refractivity (Wildman–Crippen MR) is 78.2 cm³/mol. The first-order valence-electron chi connectivity index (χ1n) is 6.15. The first kappa shape index (κ1) is 15.6. The lowest BCUT2D eigenvalue weighted by Crippen LogP contribution is -2.35. The van der Waals surface area contributed by atoms with Gasteiger partial charge in [0.2, 0.25) is 0 Å². The molecule has 0 bridgehead atoms. The molecule has 1 rings (SSSR count). The Morgan fingerprint density at radius 1 is 1.37 bits per heavy atom. The van der Waals surface area contributed by atoms with Crippen molar-refractivity contribution < 1.29 is 9.53 Å². The van der Waals surface area contributed by atoms with E-state index in [-0.39, 0.29) is 6.04 Å². The average Bonchev–Trinajstić information content (AvgIpc) is 2.26. The summed E-state index contributed by atoms with van der Waals surface area (Å²) in [7, 11) is 0. The molecular weight excluding hydrogens is 262 g/mol. The van der Waals surface area contributed by atoms with Gasteiger partial charge in [-0.2, -0.15) is 0 Å². The van der Waals surface area contributed by atoms with Gasteiger partial charge in [0.1, 0.15) is 5.60 Å². The molecular formula is C15H20ClNO2. The third-order valence-electron chi connectivity index (χ3n) is 2.32. The monoisotopic (exact) mass is 281 g/mol. The summed E-state index contributed by atoms with van der Waals surface area (Å²) in [4.78, 5) is 11.8. The Bertz CT molecular complexity index is 437. The van der Waals surface area contributed by atoms with Crippen LogP contribution in [0.5, 0.6) is 0 Å². The maximum atomic E-state index is 11.8. The smallest absolute Gasteiger partial charge is 0.408 e. The molecule has 1 unspecified atom stereocenters. The highest BCUT2D eigenvalue weighted by Crippen LogP contribution is 2.22. The molecule has 3 nitrogen and oxygen atoms in total. The van der Waals surface area contributed by atoms with Crippen LogP contribution in [0.25, 0.3) is 0 Å². The molecule has 0 aromatic heterocycles. The molecule has 1 N–H and O–H groups in total. The lowest BCUT2D eigenvalue weighted by molar-refractivity contribution is 0.0504. The minimum absolute atomic E-state index is 0.235. The van der Waals surface area contributed by atoms with Crippen LogP contribution in [0.3, 0.4) is 0 Å². The van der Waals surface area contributed by atoms with Crippen molar-refractivity contribution in [3.63, 3.8) is 0 Å². The van der Waals surface area contributed by atoms with Crippen LogP contribution in [0.2, 0.25) is 0 Å². The number of halogens is 1. The largest absolute Gasteiger partial charge is 0.444 e. The second kappa shape index (κ2) is 6.62. The van der Waals surface area contributed by atoms with Gasteiger partial charge in [-0.25, -0.2) is 4.79 Å². The fourth-order valence-corrected chi connectivity index (χ4v) is 1.76. The predicted octanol–water partition coefficient (Wildman–Crippen LogP) is 4.40. The van der Waals surface area contributed by atoms with Gasteiger partial charge in [0.15, 0.2) is 0 Å². The number of nitrogens with one attached hydrogen (secondary N) is 1. The normalized spacial score (nSPS) is 12.6. The molecule has 0 saturated carbocycles. The number of carbonyl (C=O) groups excluding carboxylic acids is 1. The molecule has 104 valence electrons. The van der Waals surface area contributed by atoms with Gasteiger partial charge >= 0.3 is 6.09 Å². The van der Waals surface area contributed by atoms with E-state index in [9.17, 15) is 4.79 Å². The average molecular weight is 282 g/mol. The topological polar surface area (TPSA) is 38.3 Å². The second-order valence-corrected chi connectivity index (χ2v) is 5.87. The van der Waals surface area contributed by atoms with E-state index >= 15 is 0 Å². The van der Waals surface area contributed by atoms with E-state index in [2.05, 4.69) is 11.9 Å². The Morgan fingerprint density at radius 3 is 2.42 bits per heavy atom. The highest BCUT2D eigenvalue weighted by Gasteiger charge is 2.20. The quantitative estimate of drug-likeness (QED) is 0.888. The summed E-state index contributed by atoms with van der Waals surface area (Å²) >= 11 is 5.85. The van der Waals surface area contributed by atoms with Crippen LogP contribution in [-0.4, -0.2) is 11.7 Å². The zero-order valence-electron chi connectivity index (χ0n) is 11.6. The minimum Gasteiger partial charge on any atom is -0.444 e. The molecule has 1 aromatic rings. The van der Waals surface area contributed by atoms with Crippen molar-refractivity contribution in [3.05, 3.63) is 47.5 Å². The molecule has 0 spiro atoms. The number of benzene rings is 1. The summed E-state index contributed by atoms with van der Waals surface area (Å²) < 4.78 is 5.25. The summed E-state index contributed by atoms with van der Waals surface area (Å²) in [5, 5.41) is 3.31. The lowest BCUT2D eigenvalue weighted by atomic mass is 10.0. The van der Waals surface area contributed by atoms with Crippen LogP contribution in [0, 0.1) is 0 Å². The van der Waals surface area contributed by atoms with Gasteiger partial charge in [0.25, 0.3) is 0 Å². The minimum atomic E-state index is -0.525. The van der Waals surface area contributed by atoms with Crippen molar-refractivity contribution in [1.82, 2.24) is 5.32 Å². The van der Waals surface area contributed by atoms with Gasteiger partial charge in [0.05, 0.1) is 6.04 Å². The van der Waals surface area contributed by atoms with Crippen LogP contribution in [0.15, 0.2) is 41.9 Å². The van der Waals surface area contributed by atoms with Crippen molar-refractivity contribution in [1.29, 1.82) is 0 Å². The number of ether oxygens (including phenoxy) is 1. The molecule has 0 saturated heterocycles. The molecule has 0 radical (unpaired) electrons. The van der Waals surface area contributed by atoms with Crippen molar-refractivity contribution in [2.75, 3.05) is 0 Å². The zero-order valence-corrected chi connectivity index (χ0v) is 12.3. The van der Waals surface area contributed by atoms with Crippen LogP contribution in [0.4, 0.5) is 4.79 Å². The van der Waals surface area contributed by atoms with E-state index in [1.165, 1.54) is 0 Å². The molecule has 0 aliphatic rings. The summed E-state index contributed by atoms with van der Waals surface area (Å²) in [6.07, 6.45) is 0.00410. The van der Waals surface area contributed by atoms with Crippen molar-refractivity contribution >= 4 is 17.7 Å². The molecule has 1 aromatic carbocycles. The van der Waals surface area contributed by atoms with E-state index in [0.29, 0.717) is 11.5 Å². The number of rotatable bonds is 4. The lowest BCUT2D eigenvalue weighted by Gasteiger charge is -2.23. The molecule has 0 aliphatic heterocycles. The fraction of sp³-hybridized carbons (Fsp3) is 0.400. The number of amides is 1. The summed E-state index contributed by atoms with van der Waals surface area (Å²) in [5.41, 5.74) is 0.443. The summed E-state index contributed by atoms with van der Waals surface area (Å²) in [5.74, 6) is 0. The van der Waals surface area contributed by atoms with E-state index < -0.39 is 11.7 Å². The highest BCUT2D eigenvalue weighted by atomic mass is 35.5. The van der Waals surface area contributed by atoms with Gasteiger partial charge in [-0.15, -0.1) is 0 Å². The van der Waals surface area contributed by atoms with E-state index in [1.54, 1.807) is 0 Å². The second-order valence-electron chi connectivity index (χ2n) is 5.33. The van der Waals surface area contributed by atoms with Crippen molar-refractivity contribution in [3.8, 4) is 0 Å². The first-order valence-corrected chi connectivity index (χ1v) is 6.53. The van der Waals surface area contributed by atoms with Gasteiger partial charge < -0.3 is 10.1 Å². The summed E-state index contributed by atoms with van der Waals surface area (Å²) in [6, 6.07) is 9.38. The van der Waals surface area contributed by atoms with Gasteiger partial charge in [-0.05, 0) is 26.3 Å². The van der Waals surface area contributed by atoms with Crippen LogP contribution < -0.4 is 5.32 Å². The molecule has 1 atom stereocenters. The maximum absolute atomic E-state index is 11.8. The Hall–Kier alpha value is -1.48. The van der Waals surface area contributed by atoms with Gasteiger partial charge in [0, 0.05) is 11.5 Å². The van der Waals surface area contributed by atoms with E-state index in [4.69, 9.17) is 16.3 Å². The van der Waals surface area contributed by atoms with Crippen LogP contribution >= 0.6 is 11.6 Å². The third-order valence-corrected chi connectivity index (χ3v) is 2.47. The first-order chi connectivity index (χ1) is 8.78. The van der Waals surface area contributed by atoms with Crippen molar-refractivity contribution in [2.45, 2.75) is 38.8 Å². The van der Waals surface area contributed by atoms with Crippen LogP contribution in [0.1, 0.15) is 38.8 Å². The zero-order chi connectivity index (χ0) is 14.5. The van der Waals surface area contributed by atoms with E-state index in [1.807, 2.05) is 51.1 Å². The standard InChI is InChI=1S/C15H20ClNO2/c1-11(16)10-13(12-8-6-5-7-9-12)17-14(18)19-15(2,3)4/h5-9,13H,1,10H2,2-4H3,(H,17,18). The highest BCUT2D eigenvalue weighted by molar-refractivity contribution is 6.29. The Labute approximate surface area is 119 Å². The van der Waals surface area contributed by atoms with Gasteiger partial charge in [-0.1, -0.05) is 48.5 Å². The number of carbonyl (C=O) groups is 1. The SMILES string of the molecule is C=C(Cl)CC(NC(=O)OC(C)(C)C)c1ccccc1. The number of hydrogen-bond acceptors (Lipinski definition) is 2. The maximum Gasteiger partial charge on any atom is 0.408 e. The third kappa shape index (κ3) is 6.30.